The number of aliphatic hydroxyl groups is 1. The van der Waals surface area contributed by atoms with Crippen LogP contribution >= 0.6 is 0 Å². The van der Waals surface area contributed by atoms with Crippen LogP contribution in [0.2, 0.25) is 0 Å². The molecule has 0 aliphatic carbocycles. The van der Waals surface area contributed by atoms with Gasteiger partial charge in [0.2, 0.25) is 0 Å². The highest BCUT2D eigenvalue weighted by Crippen LogP contribution is 2.21. The zero-order valence-electron chi connectivity index (χ0n) is 11.9. The van der Waals surface area contributed by atoms with Crippen LogP contribution in [-0.2, 0) is 11.3 Å². The predicted molar refractivity (Wildman–Crippen MR) is 78.5 cm³/mol. The van der Waals surface area contributed by atoms with Gasteiger partial charge in [-0.25, -0.2) is 0 Å². The van der Waals surface area contributed by atoms with Gasteiger partial charge in [0, 0.05) is 32.2 Å². The third kappa shape index (κ3) is 3.20. The van der Waals surface area contributed by atoms with Gasteiger partial charge >= 0.3 is 0 Å². The maximum absolute atomic E-state index is 9.49. The van der Waals surface area contributed by atoms with E-state index >= 15 is 0 Å². The fourth-order valence-electron chi connectivity index (χ4n) is 3.37. The first-order valence-electron chi connectivity index (χ1n) is 7.57. The van der Waals surface area contributed by atoms with Gasteiger partial charge in [0.1, 0.15) is 0 Å². The number of benzene rings is 1. The number of hydrogen-bond donors (Lipinski definition) is 1. The summed E-state index contributed by atoms with van der Waals surface area (Å²) < 4.78 is 5.47. The van der Waals surface area contributed by atoms with Gasteiger partial charge in [-0.2, -0.15) is 0 Å². The molecule has 2 heterocycles. The van der Waals surface area contributed by atoms with Crippen LogP contribution in [-0.4, -0.2) is 66.4 Å². The second kappa shape index (κ2) is 6.68. The van der Waals surface area contributed by atoms with E-state index in [4.69, 9.17) is 4.74 Å². The molecule has 20 heavy (non-hydrogen) atoms. The molecule has 2 atom stereocenters. The van der Waals surface area contributed by atoms with Crippen molar-refractivity contribution in [2.45, 2.75) is 25.0 Å². The number of hydrogen-bond acceptors (Lipinski definition) is 4. The van der Waals surface area contributed by atoms with Crippen LogP contribution < -0.4 is 0 Å². The Bertz CT molecular complexity index is 412. The molecular weight excluding hydrogens is 252 g/mol. The molecule has 4 heteroatoms. The number of ether oxygens (including phenoxy) is 1. The molecule has 2 unspecified atom stereocenters. The van der Waals surface area contributed by atoms with Gasteiger partial charge in [0.15, 0.2) is 0 Å². The third-order valence-electron chi connectivity index (χ3n) is 4.45. The highest BCUT2D eigenvalue weighted by atomic mass is 16.5. The molecule has 0 aromatic heterocycles. The topological polar surface area (TPSA) is 35.9 Å². The molecule has 1 aromatic carbocycles. The Morgan fingerprint density at radius 3 is 2.85 bits per heavy atom. The first-order chi connectivity index (χ1) is 9.86. The van der Waals surface area contributed by atoms with Crippen LogP contribution in [0.4, 0.5) is 0 Å². The zero-order chi connectivity index (χ0) is 13.8. The summed E-state index contributed by atoms with van der Waals surface area (Å²) in [7, 11) is 0. The summed E-state index contributed by atoms with van der Waals surface area (Å²) in [5, 5.41) is 9.49. The van der Waals surface area contributed by atoms with Gasteiger partial charge in [0.05, 0.1) is 25.9 Å². The van der Waals surface area contributed by atoms with Crippen molar-refractivity contribution >= 4 is 0 Å². The molecule has 0 spiro atoms. The van der Waals surface area contributed by atoms with Gasteiger partial charge in [0.25, 0.3) is 0 Å². The van der Waals surface area contributed by atoms with Crippen molar-refractivity contribution in [3.8, 4) is 0 Å². The lowest BCUT2D eigenvalue weighted by molar-refractivity contribution is -0.0453. The Hall–Kier alpha value is -0.940. The molecule has 3 rings (SSSR count). The largest absolute Gasteiger partial charge is 0.395 e. The van der Waals surface area contributed by atoms with Crippen LogP contribution in [0.15, 0.2) is 30.3 Å². The van der Waals surface area contributed by atoms with Gasteiger partial charge in [-0.1, -0.05) is 30.3 Å². The van der Waals surface area contributed by atoms with E-state index in [0.29, 0.717) is 12.6 Å². The summed E-state index contributed by atoms with van der Waals surface area (Å²) >= 11 is 0. The molecule has 0 radical (unpaired) electrons. The Kier molecular flexibility index (Phi) is 4.68. The highest BCUT2D eigenvalue weighted by molar-refractivity contribution is 5.14. The summed E-state index contributed by atoms with van der Waals surface area (Å²) in [6.45, 7) is 5.91. The molecule has 0 amide bonds. The van der Waals surface area contributed by atoms with Crippen molar-refractivity contribution in [1.29, 1.82) is 0 Å². The first kappa shape index (κ1) is 14.0. The molecule has 0 bridgehead atoms. The molecule has 1 aromatic rings. The van der Waals surface area contributed by atoms with Crippen molar-refractivity contribution in [1.82, 2.24) is 9.80 Å². The molecule has 2 aliphatic heterocycles. The van der Waals surface area contributed by atoms with Crippen LogP contribution in [0, 0.1) is 0 Å². The Balaban J connectivity index is 1.56. The van der Waals surface area contributed by atoms with E-state index in [0.717, 1.165) is 32.8 Å². The SMILES string of the molecule is OCC1COCCN1C1CCN(Cc2ccccc2)C1. The van der Waals surface area contributed by atoms with Crippen molar-refractivity contribution < 1.29 is 9.84 Å². The van der Waals surface area contributed by atoms with Gasteiger partial charge in [-0.15, -0.1) is 0 Å². The Labute approximate surface area is 120 Å². The fourth-order valence-corrected chi connectivity index (χ4v) is 3.37. The van der Waals surface area contributed by atoms with Crippen molar-refractivity contribution in [2.75, 3.05) is 39.5 Å². The van der Waals surface area contributed by atoms with Gasteiger partial charge < -0.3 is 9.84 Å². The quantitative estimate of drug-likeness (QED) is 0.888. The molecule has 2 fully saturated rings. The summed E-state index contributed by atoms with van der Waals surface area (Å²) in [5.74, 6) is 0. The minimum atomic E-state index is 0.186. The van der Waals surface area contributed by atoms with E-state index in [-0.39, 0.29) is 12.6 Å². The zero-order valence-corrected chi connectivity index (χ0v) is 11.9. The van der Waals surface area contributed by atoms with Gasteiger partial charge in [-0.05, 0) is 12.0 Å². The lowest BCUT2D eigenvalue weighted by Crippen LogP contribution is -2.53. The highest BCUT2D eigenvalue weighted by Gasteiger charge is 2.33. The predicted octanol–water partition coefficient (Wildman–Crippen LogP) is 0.954. The number of nitrogens with zero attached hydrogens (tertiary/aromatic N) is 2. The minimum Gasteiger partial charge on any atom is -0.395 e. The monoisotopic (exact) mass is 276 g/mol. The number of aliphatic hydroxyl groups excluding tert-OH is 1. The van der Waals surface area contributed by atoms with Crippen molar-refractivity contribution in [3.05, 3.63) is 35.9 Å². The fraction of sp³-hybridized carbons (Fsp3) is 0.625. The molecule has 2 aliphatic rings. The first-order valence-corrected chi connectivity index (χ1v) is 7.57. The van der Waals surface area contributed by atoms with Crippen molar-refractivity contribution in [2.24, 2.45) is 0 Å². The number of likely N-dealkylation sites (tertiary alicyclic amines) is 1. The lowest BCUT2D eigenvalue weighted by Gasteiger charge is -2.38. The Morgan fingerprint density at radius 2 is 2.05 bits per heavy atom. The normalized spacial score (nSPS) is 28.9. The van der Waals surface area contributed by atoms with E-state index < -0.39 is 0 Å². The van der Waals surface area contributed by atoms with E-state index in [2.05, 4.69) is 40.1 Å². The second-order valence-electron chi connectivity index (χ2n) is 5.81. The standard InChI is InChI=1S/C16H24N2O2/c19-12-16-13-20-9-8-18(16)15-6-7-17(11-15)10-14-4-2-1-3-5-14/h1-5,15-16,19H,6-13H2. The van der Waals surface area contributed by atoms with Crippen LogP contribution in [0.5, 0.6) is 0 Å². The number of rotatable bonds is 4. The minimum absolute atomic E-state index is 0.186. The average molecular weight is 276 g/mol. The molecular formula is C16H24N2O2. The van der Waals surface area contributed by atoms with E-state index in [1.165, 1.54) is 12.0 Å². The number of morpholine rings is 1. The van der Waals surface area contributed by atoms with Crippen LogP contribution in [0.3, 0.4) is 0 Å². The van der Waals surface area contributed by atoms with E-state index in [1.54, 1.807) is 0 Å². The van der Waals surface area contributed by atoms with Crippen LogP contribution in [0.1, 0.15) is 12.0 Å². The smallest absolute Gasteiger partial charge is 0.0644 e. The van der Waals surface area contributed by atoms with Crippen LogP contribution in [0.25, 0.3) is 0 Å². The molecule has 1 N–H and O–H groups in total. The van der Waals surface area contributed by atoms with E-state index in [1.807, 2.05) is 0 Å². The lowest BCUT2D eigenvalue weighted by atomic mass is 10.1. The van der Waals surface area contributed by atoms with Gasteiger partial charge in [-0.3, -0.25) is 9.80 Å². The molecule has 110 valence electrons. The molecule has 2 saturated heterocycles. The Morgan fingerprint density at radius 1 is 1.20 bits per heavy atom. The summed E-state index contributed by atoms with van der Waals surface area (Å²) in [6.07, 6.45) is 1.20. The second-order valence-corrected chi connectivity index (χ2v) is 5.81. The maximum atomic E-state index is 9.49. The molecule has 4 nitrogen and oxygen atoms in total. The molecule has 0 saturated carbocycles. The maximum Gasteiger partial charge on any atom is 0.0644 e. The average Bonchev–Trinajstić information content (AvgIpc) is 2.96. The van der Waals surface area contributed by atoms with Crippen molar-refractivity contribution in [3.63, 3.8) is 0 Å². The summed E-state index contributed by atoms with van der Waals surface area (Å²) in [5.41, 5.74) is 1.38. The summed E-state index contributed by atoms with van der Waals surface area (Å²) in [4.78, 5) is 4.97. The third-order valence-corrected chi connectivity index (χ3v) is 4.45. The van der Waals surface area contributed by atoms with E-state index in [9.17, 15) is 5.11 Å². The summed E-state index contributed by atoms with van der Waals surface area (Å²) in [6, 6.07) is 11.4.